The van der Waals surface area contributed by atoms with Crippen LogP contribution in [-0.4, -0.2) is 28.5 Å². The van der Waals surface area contributed by atoms with Crippen molar-refractivity contribution in [3.8, 4) is 0 Å². The van der Waals surface area contributed by atoms with E-state index < -0.39 is 18.2 Å². The summed E-state index contributed by atoms with van der Waals surface area (Å²) in [7, 11) is 0. The minimum atomic E-state index is -1.12. The van der Waals surface area contributed by atoms with Crippen LogP contribution in [0.4, 0.5) is 4.79 Å². The Labute approximate surface area is 126 Å². The Bertz CT molecular complexity index is 445. The molecule has 1 unspecified atom stereocenters. The van der Waals surface area contributed by atoms with Gasteiger partial charge in [-0.2, -0.15) is 0 Å². The van der Waals surface area contributed by atoms with Crippen molar-refractivity contribution in [3.63, 3.8) is 0 Å². The van der Waals surface area contributed by atoms with E-state index in [0.29, 0.717) is 18.8 Å². The number of carbonyl (C=O) groups is 1. The lowest BCUT2D eigenvalue weighted by Gasteiger charge is -2.27. The van der Waals surface area contributed by atoms with E-state index in [0.717, 1.165) is 5.56 Å². The highest BCUT2D eigenvalue weighted by atomic mass is 16.4. The molecule has 0 aliphatic heterocycles. The van der Waals surface area contributed by atoms with Gasteiger partial charge in [0.25, 0.3) is 0 Å². The van der Waals surface area contributed by atoms with Crippen molar-refractivity contribution in [3.05, 3.63) is 48.6 Å². The molecular weight excluding hydrogens is 266 g/mol. The van der Waals surface area contributed by atoms with Crippen molar-refractivity contribution >= 4 is 6.09 Å². The first kappa shape index (κ1) is 17.2. The molecule has 21 heavy (non-hydrogen) atoms. The molecular formula is C17H25NO3. The van der Waals surface area contributed by atoms with Gasteiger partial charge >= 0.3 is 6.09 Å². The van der Waals surface area contributed by atoms with E-state index in [9.17, 15) is 9.90 Å². The number of carboxylic acid groups (broad SMARTS) is 1. The van der Waals surface area contributed by atoms with Gasteiger partial charge in [0.2, 0.25) is 0 Å². The van der Waals surface area contributed by atoms with Crippen molar-refractivity contribution in [2.45, 2.75) is 38.8 Å². The van der Waals surface area contributed by atoms with Gasteiger partial charge in [-0.25, -0.2) is 4.79 Å². The summed E-state index contributed by atoms with van der Waals surface area (Å²) >= 11 is 0. The number of benzene rings is 1. The number of nitrogens with one attached hydrogen (secondary N) is 1. The first-order chi connectivity index (χ1) is 9.93. The Morgan fingerprint density at radius 3 is 2.43 bits per heavy atom. The molecule has 1 amide bonds. The second-order valence-corrected chi connectivity index (χ2v) is 5.69. The number of aliphatic hydroxyl groups excluding tert-OH is 1. The summed E-state index contributed by atoms with van der Waals surface area (Å²) in [6, 6.07) is 9.05. The van der Waals surface area contributed by atoms with Crippen LogP contribution >= 0.6 is 0 Å². The number of aliphatic hydroxyl groups is 1. The first-order valence-corrected chi connectivity index (χ1v) is 7.28. The number of rotatable bonds is 8. The second-order valence-electron chi connectivity index (χ2n) is 5.69. The quantitative estimate of drug-likeness (QED) is 0.645. The summed E-state index contributed by atoms with van der Waals surface area (Å²) in [5, 5.41) is 21.8. The Morgan fingerprint density at radius 2 is 1.95 bits per heavy atom. The maximum Gasteiger partial charge on any atom is 0.404 e. The van der Waals surface area contributed by atoms with Crippen molar-refractivity contribution < 1.29 is 15.0 Å². The molecule has 0 fully saturated rings. The monoisotopic (exact) mass is 291 g/mol. The molecule has 4 nitrogen and oxygen atoms in total. The molecule has 0 aliphatic carbocycles. The fourth-order valence-corrected chi connectivity index (χ4v) is 2.39. The van der Waals surface area contributed by atoms with Crippen LogP contribution in [-0.2, 0) is 6.42 Å². The molecule has 0 aliphatic rings. The van der Waals surface area contributed by atoms with Gasteiger partial charge in [0.1, 0.15) is 0 Å². The lowest BCUT2D eigenvalue weighted by molar-refractivity contribution is 0.0957. The fourth-order valence-electron chi connectivity index (χ4n) is 2.39. The highest BCUT2D eigenvalue weighted by Gasteiger charge is 2.25. The van der Waals surface area contributed by atoms with Crippen molar-refractivity contribution in [2.75, 3.05) is 0 Å². The minimum absolute atomic E-state index is 0.161. The maximum absolute atomic E-state index is 11.0. The van der Waals surface area contributed by atoms with E-state index in [-0.39, 0.29) is 5.92 Å². The van der Waals surface area contributed by atoms with E-state index in [1.807, 2.05) is 36.4 Å². The van der Waals surface area contributed by atoms with E-state index in [1.165, 1.54) is 0 Å². The van der Waals surface area contributed by atoms with E-state index >= 15 is 0 Å². The average Bonchev–Trinajstić information content (AvgIpc) is 2.44. The highest BCUT2D eigenvalue weighted by molar-refractivity contribution is 5.65. The third-order valence-corrected chi connectivity index (χ3v) is 3.74. The van der Waals surface area contributed by atoms with Gasteiger partial charge in [-0.05, 0) is 30.2 Å². The topological polar surface area (TPSA) is 69.6 Å². The molecule has 3 atom stereocenters. The highest BCUT2D eigenvalue weighted by Crippen LogP contribution is 2.21. The molecule has 116 valence electrons. The standard InChI is InChI=1S/C17H25NO3/c1-4-14(12(2)3)11-16(19)15(18-17(20)21)10-13-8-6-5-7-9-13/h4-9,12,14-16,18-19H,1,10-11H2,2-3H3,(H,20,21)/t14?,15-,16-/m0/s1. The summed E-state index contributed by atoms with van der Waals surface area (Å²) in [5.74, 6) is 0.522. The van der Waals surface area contributed by atoms with Gasteiger partial charge in [0.05, 0.1) is 12.1 Å². The summed E-state index contributed by atoms with van der Waals surface area (Å²) in [4.78, 5) is 11.0. The number of amides is 1. The molecule has 0 radical (unpaired) electrons. The summed E-state index contributed by atoms with van der Waals surface area (Å²) in [5.41, 5.74) is 0.995. The van der Waals surface area contributed by atoms with Crippen LogP contribution in [0.2, 0.25) is 0 Å². The molecule has 0 aromatic heterocycles. The maximum atomic E-state index is 11.0. The number of hydrogen-bond acceptors (Lipinski definition) is 2. The Kier molecular flexibility index (Phi) is 6.96. The zero-order chi connectivity index (χ0) is 15.8. The molecule has 4 heteroatoms. The van der Waals surface area contributed by atoms with E-state index in [1.54, 1.807) is 0 Å². The third-order valence-electron chi connectivity index (χ3n) is 3.74. The molecule has 0 bridgehead atoms. The molecule has 0 saturated heterocycles. The van der Waals surface area contributed by atoms with E-state index in [2.05, 4.69) is 25.7 Å². The Hall–Kier alpha value is -1.81. The lowest BCUT2D eigenvalue weighted by Crippen LogP contribution is -2.45. The van der Waals surface area contributed by atoms with Gasteiger partial charge in [-0.1, -0.05) is 50.3 Å². The SMILES string of the molecule is C=CC(C[C@H](O)[C@H](Cc1ccccc1)NC(=O)O)C(C)C. The minimum Gasteiger partial charge on any atom is -0.465 e. The predicted octanol–water partition coefficient (Wildman–Crippen LogP) is 3.07. The summed E-state index contributed by atoms with van der Waals surface area (Å²) in [6.45, 7) is 7.92. The molecule has 1 aromatic rings. The third kappa shape index (κ3) is 6.00. The lowest BCUT2D eigenvalue weighted by atomic mass is 9.87. The van der Waals surface area contributed by atoms with Gasteiger partial charge in [-0.3, -0.25) is 0 Å². The molecule has 0 saturated carbocycles. The van der Waals surface area contributed by atoms with Crippen LogP contribution in [0.25, 0.3) is 0 Å². The zero-order valence-electron chi connectivity index (χ0n) is 12.7. The Balaban J connectivity index is 2.76. The molecule has 3 N–H and O–H groups in total. The van der Waals surface area contributed by atoms with Crippen LogP contribution < -0.4 is 5.32 Å². The van der Waals surface area contributed by atoms with Crippen molar-refractivity contribution in [1.82, 2.24) is 5.32 Å². The predicted molar refractivity (Wildman–Crippen MR) is 84.2 cm³/mol. The van der Waals surface area contributed by atoms with Gasteiger partial charge < -0.3 is 15.5 Å². The van der Waals surface area contributed by atoms with Gasteiger partial charge in [-0.15, -0.1) is 6.58 Å². The van der Waals surface area contributed by atoms with Crippen LogP contribution in [0.15, 0.2) is 43.0 Å². The van der Waals surface area contributed by atoms with Crippen LogP contribution in [0.1, 0.15) is 25.8 Å². The van der Waals surface area contributed by atoms with Crippen molar-refractivity contribution in [2.24, 2.45) is 11.8 Å². The largest absolute Gasteiger partial charge is 0.465 e. The Morgan fingerprint density at radius 1 is 1.33 bits per heavy atom. The fraction of sp³-hybridized carbons (Fsp3) is 0.471. The second kappa shape index (κ2) is 8.47. The molecule has 0 heterocycles. The molecule has 0 spiro atoms. The number of hydrogen-bond donors (Lipinski definition) is 3. The van der Waals surface area contributed by atoms with Gasteiger partial charge in [0, 0.05) is 0 Å². The first-order valence-electron chi connectivity index (χ1n) is 7.28. The van der Waals surface area contributed by atoms with Crippen LogP contribution in [0, 0.1) is 11.8 Å². The normalized spacial score (nSPS) is 15.2. The summed E-state index contributed by atoms with van der Waals surface area (Å²) < 4.78 is 0. The number of allylic oxidation sites excluding steroid dienone is 1. The van der Waals surface area contributed by atoms with Gasteiger partial charge in [0.15, 0.2) is 0 Å². The zero-order valence-corrected chi connectivity index (χ0v) is 12.7. The van der Waals surface area contributed by atoms with Crippen LogP contribution in [0.5, 0.6) is 0 Å². The molecule has 1 rings (SSSR count). The smallest absolute Gasteiger partial charge is 0.404 e. The summed E-state index contributed by atoms with van der Waals surface area (Å²) in [6.07, 6.45) is 0.935. The van der Waals surface area contributed by atoms with Crippen molar-refractivity contribution in [1.29, 1.82) is 0 Å². The van der Waals surface area contributed by atoms with Crippen LogP contribution in [0.3, 0.4) is 0 Å². The van der Waals surface area contributed by atoms with E-state index in [4.69, 9.17) is 5.11 Å². The molecule has 1 aromatic carbocycles. The average molecular weight is 291 g/mol.